The topological polar surface area (TPSA) is 51.9 Å². The van der Waals surface area contributed by atoms with Gasteiger partial charge in [0.1, 0.15) is 5.84 Å². The Bertz CT molecular complexity index is 587. The minimum absolute atomic E-state index is 0.560. The summed E-state index contributed by atoms with van der Waals surface area (Å²) in [6.07, 6.45) is 3.93. The molecule has 0 unspecified atom stereocenters. The molecule has 0 atom stereocenters. The zero-order valence-electron chi connectivity index (χ0n) is 13.6. The summed E-state index contributed by atoms with van der Waals surface area (Å²) < 4.78 is 5.46. The fraction of sp³-hybridized carbons (Fsp3) is 0.556. The Balaban J connectivity index is 1.83. The van der Waals surface area contributed by atoms with E-state index in [4.69, 9.17) is 15.0 Å². The first-order chi connectivity index (χ1) is 11.4. The van der Waals surface area contributed by atoms with Crippen molar-refractivity contribution < 1.29 is 4.74 Å². The summed E-state index contributed by atoms with van der Waals surface area (Å²) in [6.45, 7) is 5.19. The predicted octanol–water partition coefficient (Wildman–Crippen LogP) is 2.95. The monoisotopic (exact) mass is 312 g/mol. The van der Waals surface area contributed by atoms with Gasteiger partial charge in [-0.1, -0.05) is 12.1 Å². The van der Waals surface area contributed by atoms with Crippen LogP contribution >= 0.6 is 0 Å². The highest BCUT2D eigenvalue weighted by molar-refractivity contribution is 5.87. The van der Waals surface area contributed by atoms with Crippen LogP contribution in [0.15, 0.2) is 29.3 Å². The molecule has 2 fully saturated rings. The van der Waals surface area contributed by atoms with Gasteiger partial charge in [-0.2, -0.15) is 5.26 Å². The van der Waals surface area contributed by atoms with Crippen molar-refractivity contribution in [2.75, 3.05) is 44.3 Å². The molecule has 2 heterocycles. The van der Waals surface area contributed by atoms with E-state index >= 15 is 0 Å². The third kappa shape index (κ3) is 4.02. The molecule has 5 heteroatoms. The summed E-state index contributed by atoms with van der Waals surface area (Å²) in [5.41, 5.74) is 2.22. The van der Waals surface area contributed by atoms with Gasteiger partial charge in [0.25, 0.3) is 0 Å². The van der Waals surface area contributed by atoms with Crippen molar-refractivity contribution in [3.63, 3.8) is 0 Å². The molecule has 2 aliphatic heterocycles. The summed E-state index contributed by atoms with van der Waals surface area (Å²) in [4.78, 5) is 9.61. The lowest BCUT2D eigenvalue weighted by Crippen LogP contribution is -2.37. The molecule has 1 aromatic carbocycles. The van der Waals surface area contributed by atoms with Crippen LogP contribution in [0.3, 0.4) is 0 Å². The number of hydrogen-bond acceptors (Lipinski definition) is 4. The van der Waals surface area contributed by atoms with E-state index in [9.17, 15) is 0 Å². The van der Waals surface area contributed by atoms with Gasteiger partial charge in [-0.15, -0.1) is 0 Å². The van der Waals surface area contributed by atoms with Crippen molar-refractivity contribution in [1.29, 1.82) is 5.26 Å². The summed E-state index contributed by atoms with van der Waals surface area (Å²) >= 11 is 0. The molecule has 0 aromatic heterocycles. The number of rotatable bonds is 4. The van der Waals surface area contributed by atoms with Crippen LogP contribution < -0.4 is 4.90 Å². The first kappa shape index (κ1) is 15.8. The number of piperidine rings is 1. The van der Waals surface area contributed by atoms with Crippen LogP contribution in [0.1, 0.15) is 25.7 Å². The summed E-state index contributed by atoms with van der Waals surface area (Å²) in [5.74, 6) is 1.13. The fourth-order valence-corrected chi connectivity index (χ4v) is 3.19. The van der Waals surface area contributed by atoms with Crippen molar-refractivity contribution in [3.05, 3.63) is 24.3 Å². The lowest BCUT2D eigenvalue weighted by molar-refractivity contribution is 0.123. The fourth-order valence-electron chi connectivity index (χ4n) is 3.19. The number of ether oxygens (including phenoxy) is 1. The van der Waals surface area contributed by atoms with E-state index in [1.807, 2.05) is 6.07 Å². The molecule has 0 saturated carbocycles. The van der Waals surface area contributed by atoms with Crippen LogP contribution in [0.2, 0.25) is 0 Å². The van der Waals surface area contributed by atoms with Crippen LogP contribution in [0.4, 0.5) is 11.4 Å². The number of nitrogens with zero attached hydrogens (tertiary/aromatic N) is 4. The van der Waals surface area contributed by atoms with Gasteiger partial charge in [0.05, 0.1) is 37.1 Å². The van der Waals surface area contributed by atoms with E-state index < -0.39 is 0 Å². The van der Waals surface area contributed by atoms with Crippen LogP contribution in [0.25, 0.3) is 0 Å². The largest absolute Gasteiger partial charge is 0.378 e. The van der Waals surface area contributed by atoms with E-state index in [1.165, 1.54) is 18.5 Å². The Kier molecular flexibility index (Phi) is 5.49. The van der Waals surface area contributed by atoms with Crippen molar-refractivity contribution in [1.82, 2.24) is 4.90 Å². The SMILES string of the molecule is N#CCCN1CCCC/C1=N\c1ccccc1N1CCOCC1. The lowest BCUT2D eigenvalue weighted by atomic mass is 10.1. The molecule has 122 valence electrons. The molecule has 0 spiro atoms. The van der Waals surface area contributed by atoms with Crippen LogP contribution in [-0.4, -0.2) is 50.1 Å². The molecule has 0 aliphatic carbocycles. The molecule has 23 heavy (non-hydrogen) atoms. The van der Waals surface area contributed by atoms with Gasteiger partial charge in [0, 0.05) is 32.6 Å². The summed E-state index contributed by atoms with van der Waals surface area (Å²) in [6, 6.07) is 10.6. The molecule has 5 nitrogen and oxygen atoms in total. The van der Waals surface area contributed by atoms with Gasteiger partial charge in [-0.3, -0.25) is 0 Å². The average molecular weight is 312 g/mol. The van der Waals surface area contributed by atoms with E-state index in [1.54, 1.807) is 0 Å². The maximum Gasteiger partial charge on any atom is 0.105 e. The van der Waals surface area contributed by atoms with Crippen LogP contribution in [0, 0.1) is 11.3 Å². The Labute approximate surface area is 138 Å². The van der Waals surface area contributed by atoms with Gasteiger partial charge >= 0.3 is 0 Å². The average Bonchev–Trinajstić information content (AvgIpc) is 2.62. The molecule has 0 radical (unpaired) electrons. The Hall–Kier alpha value is -2.06. The van der Waals surface area contributed by atoms with Gasteiger partial charge in [-0.25, -0.2) is 4.99 Å². The predicted molar refractivity (Wildman–Crippen MR) is 92.2 cm³/mol. The number of aliphatic imine (C=N–C) groups is 1. The zero-order chi connectivity index (χ0) is 15.9. The molecule has 0 bridgehead atoms. The van der Waals surface area contributed by atoms with Crippen LogP contribution in [-0.2, 0) is 4.74 Å². The number of amidine groups is 1. The van der Waals surface area contributed by atoms with Crippen molar-refractivity contribution >= 4 is 17.2 Å². The molecule has 1 aromatic rings. The number of benzene rings is 1. The molecular formula is C18H24N4O. The minimum Gasteiger partial charge on any atom is -0.378 e. The third-order valence-corrected chi connectivity index (χ3v) is 4.42. The van der Waals surface area contributed by atoms with Crippen LogP contribution in [0.5, 0.6) is 0 Å². The van der Waals surface area contributed by atoms with E-state index in [0.29, 0.717) is 6.42 Å². The first-order valence-corrected chi connectivity index (χ1v) is 8.49. The highest BCUT2D eigenvalue weighted by atomic mass is 16.5. The molecule has 2 aliphatic rings. The number of anilines is 1. The standard InChI is InChI=1S/C18H24N4O/c19-9-5-11-22-10-4-3-8-18(22)20-16-6-1-2-7-17(16)21-12-14-23-15-13-21/h1-2,6-7H,3-5,8,10-15H2/b20-18+. The van der Waals surface area contributed by atoms with Crippen molar-refractivity contribution in [3.8, 4) is 6.07 Å². The van der Waals surface area contributed by atoms with Gasteiger partial charge < -0.3 is 14.5 Å². The first-order valence-electron chi connectivity index (χ1n) is 8.49. The number of hydrogen-bond donors (Lipinski definition) is 0. The second kappa shape index (κ2) is 7.98. The summed E-state index contributed by atoms with van der Waals surface area (Å²) in [5, 5.41) is 8.85. The maximum absolute atomic E-state index is 8.85. The molecule has 3 rings (SSSR count). The summed E-state index contributed by atoms with van der Waals surface area (Å²) in [7, 11) is 0. The van der Waals surface area contributed by atoms with Crippen molar-refractivity contribution in [2.24, 2.45) is 4.99 Å². The maximum atomic E-state index is 8.85. The molecule has 0 N–H and O–H groups in total. The molecule has 2 saturated heterocycles. The quantitative estimate of drug-likeness (QED) is 0.858. The second-order valence-electron chi connectivity index (χ2n) is 5.97. The highest BCUT2D eigenvalue weighted by Gasteiger charge is 2.18. The minimum atomic E-state index is 0.560. The lowest BCUT2D eigenvalue weighted by Gasteiger charge is -2.32. The smallest absolute Gasteiger partial charge is 0.105 e. The Morgan fingerprint density at radius 3 is 2.78 bits per heavy atom. The van der Waals surface area contributed by atoms with E-state index in [-0.39, 0.29) is 0 Å². The number of likely N-dealkylation sites (tertiary alicyclic amines) is 1. The zero-order valence-corrected chi connectivity index (χ0v) is 13.6. The number of nitriles is 1. The molecule has 0 amide bonds. The van der Waals surface area contributed by atoms with E-state index in [0.717, 1.165) is 57.3 Å². The van der Waals surface area contributed by atoms with Crippen molar-refractivity contribution in [2.45, 2.75) is 25.7 Å². The van der Waals surface area contributed by atoms with Gasteiger partial charge in [0.2, 0.25) is 0 Å². The molecular weight excluding hydrogens is 288 g/mol. The second-order valence-corrected chi connectivity index (χ2v) is 5.97. The Morgan fingerprint density at radius 2 is 1.96 bits per heavy atom. The van der Waals surface area contributed by atoms with Gasteiger partial charge in [-0.05, 0) is 25.0 Å². The number of morpholine rings is 1. The normalized spacial score (nSPS) is 20.6. The van der Waals surface area contributed by atoms with Gasteiger partial charge in [0.15, 0.2) is 0 Å². The Morgan fingerprint density at radius 1 is 1.13 bits per heavy atom. The highest BCUT2D eigenvalue weighted by Crippen LogP contribution is 2.30. The number of para-hydroxylation sites is 2. The third-order valence-electron chi connectivity index (χ3n) is 4.42. The van der Waals surface area contributed by atoms with E-state index in [2.05, 4.69) is 34.1 Å².